The van der Waals surface area contributed by atoms with Gasteiger partial charge in [0.2, 0.25) is 0 Å². The van der Waals surface area contributed by atoms with Crippen molar-refractivity contribution in [1.29, 1.82) is 0 Å². The van der Waals surface area contributed by atoms with Gasteiger partial charge in [0.25, 0.3) is 0 Å². The van der Waals surface area contributed by atoms with Crippen molar-refractivity contribution < 1.29 is 4.39 Å². The standard InChI is InChI=1S/C14H21ClFNS/c1-4-14(5-2,18-3)10-17-9-11-8-12(15)6-7-13(11)16/h6-8,17H,4-5,9-10H2,1-3H3. The lowest BCUT2D eigenvalue weighted by Crippen LogP contribution is -2.36. The molecular weight excluding hydrogens is 269 g/mol. The summed E-state index contributed by atoms with van der Waals surface area (Å²) in [5, 5.41) is 3.92. The third-order valence-corrected chi connectivity index (χ3v) is 5.31. The van der Waals surface area contributed by atoms with E-state index >= 15 is 0 Å². The van der Waals surface area contributed by atoms with Crippen LogP contribution in [0.3, 0.4) is 0 Å². The van der Waals surface area contributed by atoms with E-state index in [1.165, 1.54) is 6.07 Å². The van der Waals surface area contributed by atoms with Crippen molar-refractivity contribution >= 4 is 23.4 Å². The molecular formula is C14H21ClFNS. The van der Waals surface area contributed by atoms with E-state index in [9.17, 15) is 4.39 Å². The van der Waals surface area contributed by atoms with E-state index in [-0.39, 0.29) is 10.6 Å². The predicted molar refractivity (Wildman–Crippen MR) is 79.9 cm³/mol. The molecule has 0 unspecified atom stereocenters. The second kappa shape index (κ2) is 7.37. The van der Waals surface area contributed by atoms with E-state index in [0.717, 1.165) is 19.4 Å². The second-order valence-corrected chi connectivity index (χ2v) is 6.14. The van der Waals surface area contributed by atoms with Gasteiger partial charge in [0.15, 0.2) is 0 Å². The molecule has 18 heavy (non-hydrogen) atoms. The van der Waals surface area contributed by atoms with Crippen LogP contribution < -0.4 is 5.32 Å². The van der Waals surface area contributed by atoms with Crippen LogP contribution in [0.2, 0.25) is 5.02 Å². The maximum absolute atomic E-state index is 13.5. The van der Waals surface area contributed by atoms with Gasteiger partial charge in [0.05, 0.1) is 0 Å². The van der Waals surface area contributed by atoms with Crippen LogP contribution in [-0.4, -0.2) is 17.5 Å². The SMILES string of the molecule is CCC(CC)(CNCc1cc(Cl)ccc1F)SC. The van der Waals surface area contributed by atoms with Gasteiger partial charge < -0.3 is 5.32 Å². The predicted octanol–water partition coefficient (Wildman–Crippen LogP) is 4.49. The summed E-state index contributed by atoms with van der Waals surface area (Å²) >= 11 is 7.75. The molecule has 102 valence electrons. The quantitative estimate of drug-likeness (QED) is 0.794. The third kappa shape index (κ3) is 4.15. The summed E-state index contributed by atoms with van der Waals surface area (Å²) in [5.41, 5.74) is 0.629. The van der Waals surface area contributed by atoms with Gasteiger partial charge in [-0.05, 0) is 37.3 Å². The minimum atomic E-state index is -0.199. The van der Waals surface area contributed by atoms with Crippen molar-refractivity contribution in [2.75, 3.05) is 12.8 Å². The summed E-state index contributed by atoms with van der Waals surface area (Å²) in [5.74, 6) is -0.199. The van der Waals surface area contributed by atoms with Crippen LogP contribution in [0.15, 0.2) is 18.2 Å². The van der Waals surface area contributed by atoms with Crippen LogP contribution in [0.25, 0.3) is 0 Å². The topological polar surface area (TPSA) is 12.0 Å². The van der Waals surface area contributed by atoms with E-state index in [4.69, 9.17) is 11.6 Å². The summed E-state index contributed by atoms with van der Waals surface area (Å²) in [4.78, 5) is 0. The number of benzene rings is 1. The van der Waals surface area contributed by atoms with Gasteiger partial charge in [-0.1, -0.05) is 25.4 Å². The fourth-order valence-electron chi connectivity index (χ4n) is 1.96. The van der Waals surface area contributed by atoms with Crippen LogP contribution in [0, 0.1) is 5.82 Å². The summed E-state index contributed by atoms with van der Waals surface area (Å²) in [6.07, 6.45) is 4.35. The van der Waals surface area contributed by atoms with E-state index < -0.39 is 0 Å². The molecule has 0 aliphatic rings. The second-order valence-electron chi connectivity index (χ2n) is 4.43. The molecule has 0 aliphatic heterocycles. The Hall–Kier alpha value is -0.250. The Bertz CT molecular complexity index is 372. The van der Waals surface area contributed by atoms with Gasteiger partial charge in [0, 0.05) is 28.4 Å². The summed E-state index contributed by atoms with van der Waals surface area (Å²) < 4.78 is 13.8. The van der Waals surface area contributed by atoms with Crippen molar-refractivity contribution in [2.45, 2.75) is 38.0 Å². The average molecular weight is 290 g/mol. The van der Waals surface area contributed by atoms with Gasteiger partial charge in [-0.3, -0.25) is 0 Å². The van der Waals surface area contributed by atoms with Gasteiger partial charge >= 0.3 is 0 Å². The van der Waals surface area contributed by atoms with E-state index in [0.29, 0.717) is 17.1 Å². The molecule has 0 fully saturated rings. The van der Waals surface area contributed by atoms with Crippen molar-refractivity contribution in [3.63, 3.8) is 0 Å². The molecule has 0 aromatic heterocycles. The monoisotopic (exact) mass is 289 g/mol. The van der Waals surface area contributed by atoms with Crippen molar-refractivity contribution in [2.24, 2.45) is 0 Å². The number of thioether (sulfide) groups is 1. The van der Waals surface area contributed by atoms with E-state index in [1.807, 2.05) is 11.8 Å². The van der Waals surface area contributed by atoms with Crippen LogP contribution in [0.5, 0.6) is 0 Å². The fourth-order valence-corrected chi connectivity index (χ4v) is 2.98. The van der Waals surface area contributed by atoms with Crippen LogP contribution in [0.1, 0.15) is 32.3 Å². The highest BCUT2D eigenvalue weighted by Crippen LogP contribution is 2.29. The lowest BCUT2D eigenvalue weighted by Gasteiger charge is -2.30. The number of hydrogen-bond donors (Lipinski definition) is 1. The van der Waals surface area contributed by atoms with Crippen LogP contribution in [0.4, 0.5) is 4.39 Å². The number of rotatable bonds is 7. The molecule has 0 heterocycles. The van der Waals surface area contributed by atoms with Crippen LogP contribution in [-0.2, 0) is 6.54 Å². The van der Waals surface area contributed by atoms with Gasteiger partial charge in [-0.25, -0.2) is 4.39 Å². The largest absolute Gasteiger partial charge is 0.311 e. The highest BCUT2D eigenvalue weighted by molar-refractivity contribution is 8.00. The maximum atomic E-state index is 13.5. The molecule has 0 bridgehead atoms. The molecule has 1 aromatic carbocycles. The van der Waals surface area contributed by atoms with Crippen LogP contribution >= 0.6 is 23.4 Å². The summed E-state index contributed by atoms with van der Waals surface area (Å²) in [7, 11) is 0. The third-order valence-electron chi connectivity index (χ3n) is 3.49. The zero-order valence-electron chi connectivity index (χ0n) is 11.2. The summed E-state index contributed by atoms with van der Waals surface area (Å²) in [6, 6.07) is 4.67. The Morgan fingerprint density at radius 3 is 2.56 bits per heavy atom. The lowest BCUT2D eigenvalue weighted by atomic mass is 10.0. The van der Waals surface area contributed by atoms with Gasteiger partial charge in [0.1, 0.15) is 5.82 Å². The normalized spacial score (nSPS) is 11.8. The Morgan fingerprint density at radius 1 is 1.33 bits per heavy atom. The molecule has 1 nitrogen and oxygen atoms in total. The average Bonchev–Trinajstić information content (AvgIpc) is 2.39. The van der Waals surface area contributed by atoms with Crippen molar-refractivity contribution in [3.05, 3.63) is 34.6 Å². The van der Waals surface area contributed by atoms with Crippen molar-refractivity contribution in [3.8, 4) is 0 Å². The van der Waals surface area contributed by atoms with Gasteiger partial charge in [-0.15, -0.1) is 0 Å². The first-order valence-electron chi connectivity index (χ1n) is 6.26. The molecule has 1 N–H and O–H groups in total. The Kier molecular flexibility index (Phi) is 6.47. The zero-order valence-corrected chi connectivity index (χ0v) is 12.8. The zero-order chi connectivity index (χ0) is 13.6. The molecule has 0 saturated carbocycles. The first-order chi connectivity index (χ1) is 8.56. The van der Waals surface area contributed by atoms with Gasteiger partial charge in [-0.2, -0.15) is 11.8 Å². The molecule has 0 saturated heterocycles. The fraction of sp³-hybridized carbons (Fsp3) is 0.571. The first-order valence-corrected chi connectivity index (χ1v) is 7.87. The molecule has 4 heteroatoms. The highest BCUT2D eigenvalue weighted by atomic mass is 35.5. The molecule has 1 aromatic rings. The molecule has 0 aliphatic carbocycles. The Labute approximate surface area is 118 Å². The van der Waals surface area contributed by atoms with E-state index in [1.54, 1.807) is 12.1 Å². The minimum absolute atomic E-state index is 0.199. The minimum Gasteiger partial charge on any atom is -0.311 e. The first kappa shape index (κ1) is 15.8. The summed E-state index contributed by atoms with van der Waals surface area (Å²) in [6.45, 7) is 5.80. The molecule has 0 radical (unpaired) electrons. The maximum Gasteiger partial charge on any atom is 0.127 e. The number of halogens is 2. The number of nitrogens with one attached hydrogen (secondary N) is 1. The number of hydrogen-bond acceptors (Lipinski definition) is 2. The molecule has 1 rings (SSSR count). The smallest absolute Gasteiger partial charge is 0.127 e. The molecule has 0 amide bonds. The molecule has 0 spiro atoms. The Balaban J connectivity index is 2.57. The lowest BCUT2D eigenvalue weighted by molar-refractivity contribution is 0.488. The van der Waals surface area contributed by atoms with Crippen molar-refractivity contribution in [1.82, 2.24) is 5.32 Å². The Morgan fingerprint density at radius 2 is 2.00 bits per heavy atom. The molecule has 0 atom stereocenters. The highest BCUT2D eigenvalue weighted by Gasteiger charge is 2.24. The van der Waals surface area contributed by atoms with E-state index in [2.05, 4.69) is 25.4 Å².